The molecule has 0 saturated carbocycles. The fourth-order valence-electron chi connectivity index (χ4n) is 2.95. The number of aromatic nitrogens is 4. The number of nitrogens with zero attached hydrogens (tertiary/aromatic N) is 4. The molecule has 1 N–H and O–H groups in total. The first-order valence-electron chi connectivity index (χ1n) is 8.97. The van der Waals surface area contributed by atoms with Crippen molar-refractivity contribution in [2.75, 3.05) is 13.7 Å². The smallest absolute Gasteiger partial charge is 0.356 e. The summed E-state index contributed by atoms with van der Waals surface area (Å²) in [5, 5.41) is 11.3. The van der Waals surface area contributed by atoms with Gasteiger partial charge in [-0.25, -0.2) is 4.79 Å². The molecule has 1 amide bonds. The van der Waals surface area contributed by atoms with E-state index in [0.717, 1.165) is 24.1 Å². The van der Waals surface area contributed by atoms with Crippen molar-refractivity contribution in [3.05, 3.63) is 59.7 Å². The number of carbonyl (C=O) groups is 2. The van der Waals surface area contributed by atoms with Gasteiger partial charge in [0.1, 0.15) is 0 Å². The molecular weight excluding hydrogens is 358 g/mol. The number of esters is 1. The van der Waals surface area contributed by atoms with Crippen LogP contribution in [0.25, 0.3) is 11.1 Å². The summed E-state index contributed by atoms with van der Waals surface area (Å²) in [6.45, 7) is 3.28. The van der Waals surface area contributed by atoms with Gasteiger partial charge in [0.25, 0.3) is 5.91 Å². The second-order valence-corrected chi connectivity index (χ2v) is 6.49. The Morgan fingerprint density at radius 3 is 2.75 bits per heavy atom. The van der Waals surface area contributed by atoms with Gasteiger partial charge in [0.15, 0.2) is 5.69 Å². The van der Waals surface area contributed by atoms with Gasteiger partial charge in [-0.2, -0.15) is 10.2 Å². The van der Waals surface area contributed by atoms with E-state index in [2.05, 4.69) is 15.5 Å². The molecule has 8 heteroatoms. The van der Waals surface area contributed by atoms with E-state index < -0.39 is 5.97 Å². The molecule has 2 heterocycles. The zero-order chi connectivity index (χ0) is 20.1. The van der Waals surface area contributed by atoms with E-state index in [1.807, 2.05) is 30.1 Å². The Bertz CT molecular complexity index is 989. The Morgan fingerprint density at radius 2 is 2.04 bits per heavy atom. The van der Waals surface area contributed by atoms with Crippen molar-refractivity contribution >= 4 is 11.9 Å². The minimum atomic E-state index is -0.473. The van der Waals surface area contributed by atoms with Gasteiger partial charge in [-0.3, -0.25) is 14.2 Å². The lowest BCUT2D eigenvalue weighted by atomic mass is 10.0. The standard InChI is InChI=1S/C20H23N5O3/c1-14-11-23-25(13-14)9-5-8-21-19(26)16-7-4-6-15(10-16)17-12-22-24(2)18(17)20(27)28-3/h4,6-7,10-13H,5,8-9H2,1-3H3,(H,21,26). The van der Waals surface area contributed by atoms with E-state index in [9.17, 15) is 9.59 Å². The monoisotopic (exact) mass is 381 g/mol. The van der Waals surface area contributed by atoms with E-state index in [0.29, 0.717) is 23.4 Å². The zero-order valence-electron chi connectivity index (χ0n) is 16.2. The van der Waals surface area contributed by atoms with E-state index in [1.165, 1.54) is 11.8 Å². The van der Waals surface area contributed by atoms with Crippen LogP contribution in [0, 0.1) is 6.92 Å². The van der Waals surface area contributed by atoms with Crippen LogP contribution in [0.1, 0.15) is 32.8 Å². The SMILES string of the molecule is COC(=O)c1c(-c2cccc(C(=O)NCCCn3cc(C)cn3)c2)cnn1C. The highest BCUT2D eigenvalue weighted by Crippen LogP contribution is 2.24. The number of aryl methyl sites for hydroxylation is 3. The molecule has 0 saturated heterocycles. The number of rotatable bonds is 7. The molecule has 0 spiro atoms. The highest BCUT2D eigenvalue weighted by atomic mass is 16.5. The highest BCUT2D eigenvalue weighted by Gasteiger charge is 2.19. The molecule has 3 aromatic rings. The lowest BCUT2D eigenvalue weighted by Gasteiger charge is -2.08. The molecule has 0 aliphatic heterocycles. The predicted octanol–water partition coefficient (Wildman–Crippen LogP) is 2.20. The summed E-state index contributed by atoms with van der Waals surface area (Å²) in [6.07, 6.45) is 6.15. The number of carbonyl (C=O) groups excluding carboxylic acids is 2. The number of methoxy groups -OCH3 is 1. The fraction of sp³-hybridized carbons (Fsp3) is 0.300. The maximum atomic E-state index is 12.5. The molecule has 0 unspecified atom stereocenters. The number of benzene rings is 1. The molecule has 1 aromatic carbocycles. The quantitative estimate of drug-likeness (QED) is 0.500. The summed E-state index contributed by atoms with van der Waals surface area (Å²) < 4.78 is 8.16. The van der Waals surface area contributed by atoms with Crippen molar-refractivity contribution < 1.29 is 14.3 Å². The van der Waals surface area contributed by atoms with Gasteiger partial charge in [0.2, 0.25) is 0 Å². The Hall–Kier alpha value is -3.42. The van der Waals surface area contributed by atoms with Crippen LogP contribution < -0.4 is 5.32 Å². The Kier molecular flexibility index (Phi) is 5.88. The third kappa shape index (κ3) is 4.28. The Morgan fingerprint density at radius 1 is 1.21 bits per heavy atom. The van der Waals surface area contributed by atoms with Gasteiger partial charge < -0.3 is 10.1 Å². The van der Waals surface area contributed by atoms with Crippen LogP contribution >= 0.6 is 0 Å². The molecule has 28 heavy (non-hydrogen) atoms. The molecule has 0 aliphatic rings. The van der Waals surface area contributed by atoms with Crippen LogP contribution in [0.4, 0.5) is 0 Å². The predicted molar refractivity (Wildman–Crippen MR) is 104 cm³/mol. The summed E-state index contributed by atoms with van der Waals surface area (Å²) in [6, 6.07) is 7.10. The minimum Gasteiger partial charge on any atom is -0.464 e. The number of hydrogen-bond acceptors (Lipinski definition) is 5. The lowest BCUT2D eigenvalue weighted by molar-refractivity contribution is 0.0589. The molecule has 0 bridgehead atoms. The number of hydrogen-bond donors (Lipinski definition) is 1. The van der Waals surface area contributed by atoms with Crippen LogP contribution in [0.2, 0.25) is 0 Å². The van der Waals surface area contributed by atoms with Crippen LogP contribution in [0.3, 0.4) is 0 Å². The second kappa shape index (κ2) is 8.51. The molecule has 8 nitrogen and oxygen atoms in total. The first kappa shape index (κ1) is 19.3. The maximum absolute atomic E-state index is 12.5. The Balaban J connectivity index is 1.66. The summed E-state index contributed by atoms with van der Waals surface area (Å²) in [4.78, 5) is 24.5. The van der Waals surface area contributed by atoms with Gasteiger partial charge in [0.05, 0.1) is 19.5 Å². The molecule has 146 valence electrons. The molecule has 3 rings (SSSR count). The average Bonchev–Trinajstić information content (AvgIpc) is 3.30. The normalized spacial score (nSPS) is 10.7. The van der Waals surface area contributed by atoms with Crippen LogP contribution in [0.15, 0.2) is 42.9 Å². The van der Waals surface area contributed by atoms with Crippen molar-refractivity contribution in [2.45, 2.75) is 19.9 Å². The molecule has 0 radical (unpaired) electrons. The molecular formula is C20H23N5O3. The number of nitrogens with one attached hydrogen (secondary N) is 1. The summed E-state index contributed by atoms with van der Waals surface area (Å²) in [5.74, 6) is -0.638. The number of ether oxygens (including phenoxy) is 1. The Labute approximate surface area is 163 Å². The van der Waals surface area contributed by atoms with Gasteiger partial charge >= 0.3 is 5.97 Å². The number of amides is 1. The van der Waals surface area contributed by atoms with E-state index >= 15 is 0 Å². The third-order valence-electron chi connectivity index (χ3n) is 4.37. The lowest BCUT2D eigenvalue weighted by Crippen LogP contribution is -2.25. The largest absolute Gasteiger partial charge is 0.464 e. The molecule has 0 aliphatic carbocycles. The summed E-state index contributed by atoms with van der Waals surface area (Å²) >= 11 is 0. The van der Waals surface area contributed by atoms with E-state index in [-0.39, 0.29) is 5.91 Å². The first-order valence-corrected chi connectivity index (χ1v) is 8.97. The van der Waals surface area contributed by atoms with Gasteiger partial charge in [-0.05, 0) is 36.6 Å². The van der Waals surface area contributed by atoms with Gasteiger partial charge in [-0.1, -0.05) is 12.1 Å². The second-order valence-electron chi connectivity index (χ2n) is 6.49. The summed E-state index contributed by atoms with van der Waals surface area (Å²) in [5.41, 5.74) is 3.33. The van der Waals surface area contributed by atoms with Crippen molar-refractivity contribution in [1.82, 2.24) is 24.9 Å². The fourth-order valence-corrected chi connectivity index (χ4v) is 2.95. The molecule has 0 atom stereocenters. The van der Waals surface area contributed by atoms with Gasteiger partial charge in [-0.15, -0.1) is 0 Å². The van der Waals surface area contributed by atoms with Crippen molar-refractivity contribution in [3.8, 4) is 11.1 Å². The van der Waals surface area contributed by atoms with Crippen LogP contribution in [-0.4, -0.2) is 45.1 Å². The third-order valence-corrected chi connectivity index (χ3v) is 4.37. The zero-order valence-corrected chi connectivity index (χ0v) is 16.2. The first-order chi connectivity index (χ1) is 13.5. The van der Waals surface area contributed by atoms with Crippen molar-refractivity contribution in [2.24, 2.45) is 7.05 Å². The van der Waals surface area contributed by atoms with E-state index in [1.54, 1.807) is 31.4 Å². The van der Waals surface area contributed by atoms with Crippen molar-refractivity contribution in [3.63, 3.8) is 0 Å². The topological polar surface area (TPSA) is 91.0 Å². The van der Waals surface area contributed by atoms with Crippen molar-refractivity contribution in [1.29, 1.82) is 0 Å². The van der Waals surface area contributed by atoms with Crippen LogP contribution in [0.5, 0.6) is 0 Å². The minimum absolute atomic E-state index is 0.165. The molecule has 0 fully saturated rings. The van der Waals surface area contributed by atoms with E-state index in [4.69, 9.17) is 4.74 Å². The van der Waals surface area contributed by atoms with Crippen LogP contribution in [-0.2, 0) is 18.3 Å². The average molecular weight is 381 g/mol. The van der Waals surface area contributed by atoms with Gasteiger partial charge in [0, 0.05) is 37.5 Å². The maximum Gasteiger partial charge on any atom is 0.356 e. The highest BCUT2D eigenvalue weighted by molar-refractivity contribution is 5.98. The molecule has 2 aromatic heterocycles. The summed E-state index contributed by atoms with van der Waals surface area (Å²) in [7, 11) is 3.00.